The molecule has 0 bridgehead atoms. The average Bonchev–Trinajstić information content (AvgIpc) is 2.78. The van der Waals surface area contributed by atoms with E-state index in [0.717, 1.165) is 23.3 Å². The molecule has 1 unspecified atom stereocenters. The lowest BCUT2D eigenvalue weighted by Crippen LogP contribution is -2.24. The lowest BCUT2D eigenvalue weighted by atomic mass is 10.2. The SMILES string of the molecule is C#CCOc1ccc(N2CC(CBr)CC2=O)cc1. The summed E-state index contributed by atoms with van der Waals surface area (Å²) < 4.78 is 5.29. The number of carbonyl (C=O) groups is 1. The first kappa shape index (κ1) is 13.0. The smallest absolute Gasteiger partial charge is 0.227 e. The predicted molar refractivity (Wildman–Crippen MR) is 75.0 cm³/mol. The van der Waals surface area contributed by atoms with Crippen molar-refractivity contribution < 1.29 is 9.53 Å². The molecule has 1 aromatic rings. The molecule has 3 nitrogen and oxygen atoms in total. The van der Waals surface area contributed by atoms with Crippen molar-refractivity contribution in [2.24, 2.45) is 5.92 Å². The van der Waals surface area contributed by atoms with Crippen LogP contribution >= 0.6 is 15.9 Å². The molecule has 1 heterocycles. The van der Waals surface area contributed by atoms with E-state index in [1.165, 1.54) is 0 Å². The normalized spacial score (nSPS) is 18.8. The monoisotopic (exact) mass is 307 g/mol. The molecule has 0 spiro atoms. The topological polar surface area (TPSA) is 29.5 Å². The van der Waals surface area contributed by atoms with E-state index in [4.69, 9.17) is 11.2 Å². The number of benzene rings is 1. The Labute approximate surface area is 115 Å². The molecule has 1 aromatic carbocycles. The van der Waals surface area contributed by atoms with Crippen molar-refractivity contribution in [2.45, 2.75) is 6.42 Å². The van der Waals surface area contributed by atoms with Crippen molar-refractivity contribution in [1.29, 1.82) is 0 Å². The maximum absolute atomic E-state index is 11.8. The molecule has 1 atom stereocenters. The lowest BCUT2D eigenvalue weighted by Gasteiger charge is -2.16. The second kappa shape index (κ2) is 5.92. The van der Waals surface area contributed by atoms with Gasteiger partial charge in [0.25, 0.3) is 0 Å². The summed E-state index contributed by atoms with van der Waals surface area (Å²) in [7, 11) is 0. The number of amides is 1. The van der Waals surface area contributed by atoms with Crippen LogP contribution in [0.25, 0.3) is 0 Å². The van der Waals surface area contributed by atoms with Crippen molar-refractivity contribution in [1.82, 2.24) is 0 Å². The van der Waals surface area contributed by atoms with Crippen molar-refractivity contribution in [2.75, 3.05) is 23.4 Å². The van der Waals surface area contributed by atoms with Gasteiger partial charge in [-0.3, -0.25) is 4.79 Å². The number of hydrogen-bond donors (Lipinski definition) is 0. The highest BCUT2D eigenvalue weighted by atomic mass is 79.9. The summed E-state index contributed by atoms with van der Waals surface area (Å²) in [6.07, 6.45) is 5.73. The van der Waals surface area contributed by atoms with Crippen LogP contribution in [0.3, 0.4) is 0 Å². The fourth-order valence-electron chi connectivity index (χ4n) is 1.98. The minimum absolute atomic E-state index is 0.178. The van der Waals surface area contributed by atoms with Crippen molar-refractivity contribution >= 4 is 27.5 Å². The van der Waals surface area contributed by atoms with Crippen LogP contribution in [0.1, 0.15) is 6.42 Å². The fourth-order valence-corrected chi connectivity index (χ4v) is 2.42. The molecule has 0 N–H and O–H groups in total. The summed E-state index contributed by atoms with van der Waals surface area (Å²) in [4.78, 5) is 13.7. The Morgan fingerprint density at radius 2 is 2.17 bits per heavy atom. The molecule has 0 aromatic heterocycles. The maximum atomic E-state index is 11.8. The number of alkyl halides is 1. The van der Waals surface area contributed by atoms with Gasteiger partial charge in [0.05, 0.1) is 0 Å². The molecule has 1 amide bonds. The number of terminal acetylenes is 1. The zero-order valence-electron chi connectivity index (χ0n) is 9.93. The number of carbonyl (C=O) groups excluding carboxylic acids is 1. The van der Waals surface area contributed by atoms with Crippen LogP contribution in [-0.2, 0) is 4.79 Å². The van der Waals surface area contributed by atoms with Gasteiger partial charge < -0.3 is 9.64 Å². The number of nitrogens with zero attached hydrogens (tertiary/aromatic N) is 1. The summed E-state index contributed by atoms with van der Waals surface area (Å²) >= 11 is 3.43. The van der Waals surface area contributed by atoms with E-state index in [1.807, 2.05) is 29.2 Å². The van der Waals surface area contributed by atoms with Crippen LogP contribution in [0.4, 0.5) is 5.69 Å². The second-order valence-corrected chi connectivity index (χ2v) is 4.86. The standard InChI is InChI=1S/C14H14BrNO2/c1-2-7-18-13-5-3-12(4-6-13)16-10-11(9-15)8-14(16)17/h1,3-6,11H,7-10H2. The Bertz CT molecular complexity index is 464. The third kappa shape index (κ3) is 2.85. The summed E-state index contributed by atoms with van der Waals surface area (Å²) in [5, 5.41) is 0.860. The minimum atomic E-state index is 0.178. The molecular weight excluding hydrogens is 294 g/mol. The minimum Gasteiger partial charge on any atom is -0.481 e. The predicted octanol–water partition coefficient (Wildman–Crippen LogP) is 2.45. The van der Waals surface area contributed by atoms with Gasteiger partial charge in [-0.05, 0) is 30.2 Å². The van der Waals surface area contributed by atoms with Gasteiger partial charge in [-0.1, -0.05) is 21.9 Å². The van der Waals surface area contributed by atoms with Crippen molar-refractivity contribution in [3.05, 3.63) is 24.3 Å². The van der Waals surface area contributed by atoms with Gasteiger partial charge in [-0.15, -0.1) is 6.42 Å². The Hall–Kier alpha value is -1.47. The molecule has 1 aliphatic rings. The molecule has 0 aliphatic carbocycles. The highest BCUT2D eigenvalue weighted by Gasteiger charge is 2.29. The third-order valence-electron chi connectivity index (χ3n) is 2.89. The van der Waals surface area contributed by atoms with Crippen LogP contribution in [0, 0.1) is 18.3 Å². The van der Waals surface area contributed by atoms with E-state index in [0.29, 0.717) is 12.3 Å². The molecule has 0 radical (unpaired) electrons. The molecule has 1 aliphatic heterocycles. The van der Waals surface area contributed by atoms with Gasteiger partial charge in [-0.25, -0.2) is 0 Å². The third-order valence-corrected chi connectivity index (χ3v) is 3.81. The van der Waals surface area contributed by atoms with E-state index in [-0.39, 0.29) is 12.5 Å². The van der Waals surface area contributed by atoms with Gasteiger partial charge in [0.1, 0.15) is 12.4 Å². The van der Waals surface area contributed by atoms with Crippen LogP contribution in [0.15, 0.2) is 24.3 Å². The first-order valence-electron chi connectivity index (χ1n) is 5.77. The van der Waals surface area contributed by atoms with Gasteiger partial charge in [0.15, 0.2) is 0 Å². The number of rotatable bonds is 4. The molecule has 18 heavy (non-hydrogen) atoms. The molecular formula is C14H14BrNO2. The Balaban J connectivity index is 2.06. The van der Waals surface area contributed by atoms with E-state index in [9.17, 15) is 4.79 Å². The van der Waals surface area contributed by atoms with Gasteiger partial charge in [0.2, 0.25) is 5.91 Å². The average molecular weight is 308 g/mol. The number of hydrogen-bond acceptors (Lipinski definition) is 2. The highest BCUT2D eigenvalue weighted by molar-refractivity contribution is 9.09. The molecule has 0 saturated carbocycles. The van der Waals surface area contributed by atoms with Crippen molar-refractivity contribution in [3.8, 4) is 18.1 Å². The highest BCUT2D eigenvalue weighted by Crippen LogP contribution is 2.27. The quantitative estimate of drug-likeness (QED) is 0.631. The maximum Gasteiger partial charge on any atom is 0.227 e. The van der Waals surface area contributed by atoms with Crippen molar-refractivity contribution in [3.63, 3.8) is 0 Å². The Kier molecular flexibility index (Phi) is 4.27. The summed E-state index contributed by atoms with van der Waals surface area (Å²) in [6.45, 7) is 1.03. The van der Waals surface area contributed by atoms with Crippen LogP contribution < -0.4 is 9.64 Å². The number of ether oxygens (including phenoxy) is 1. The zero-order valence-corrected chi connectivity index (χ0v) is 11.5. The molecule has 1 saturated heterocycles. The lowest BCUT2D eigenvalue weighted by molar-refractivity contribution is -0.117. The van der Waals surface area contributed by atoms with Gasteiger partial charge in [0, 0.05) is 24.0 Å². The summed E-state index contributed by atoms with van der Waals surface area (Å²) in [5.41, 5.74) is 0.913. The Morgan fingerprint density at radius 3 is 2.72 bits per heavy atom. The van der Waals surface area contributed by atoms with E-state index in [2.05, 4.69) is 21.9 Å². The molecule has 4 heteroatoms. The van der Waals surface area contributed by atoms with E-state index < -0.39 is 0 Å². The molecule has 94 valence electrons. The zero-order chi connectivity index (χ0) is 13.0. The Morgan fingerprint density at radius 1 is 1.44 bits per heavy atom. The van der Waals surface area contributed by atoms with E-state index >= 15 is 0 Å². The number of anilines is 1. The number of halogens is 1. The summed E-state index contributed by atoms with van der Waals surface area (Å²) in [5.74, 6) is 3.71. The van der Waals surface area contributed by atoms with Crippen LogP contribution in [0.2, 0.25) is 0 Å². The van der Waals surface area contributed by atoms with E-state index in [1.54, 1.807) is 0 Å². The largest absolute Gasteiger partial charge is 0.481 e. The molecule has 2 rings (SSSR count). The fraction of sp³-hybridized carbons (Fsp3) is 0.357. The first-order valence-corrected chi connectivity index (χ1v) is 6.89. The van der Waals surface area contributed by atoms with Gasteiger partial charge >= 0.3 is 0 Å². The van der Waals surface area contributed by atoms with Crippen LogP contribution in [-0.4, -0.2) is 24.4 Å². The second-order valence-electron chi connectivity index (χ2n) is 4.22. The summed E-state index contributed by atoms with van der Waals surface area (Å²) in [6, 6.07) is 7.45. The van der Waals surface area contributed by atoms with Gasteiger partial charge in [-0.2, -0.15) is 0 Å². The van der Waals surface area contributed by atoms with Crippen LogP contribution in [0.5, 0.6) is 5.75 Å². The first-order chi connectivity index (χ1) is 8.74. The molecule has 1 fully saturated rings.